The standard InChI is InChI=1S/C48H33S.CHF3O3S/c1-4-16-43-34(10-1)13-7-19-46(43)37-22-28-40(29-23-37)49(41-30-24-38(25-31-41)47-20-8-14-35-11-2-5-17-44(35)47)42-32-26-39(27-33-42)48-21-9-15-36-12-3-6-18-45(36)48;2-1(3,4)8(5,6)7/h1-33H;(H,5,6,7)/q+1;/p-1. The minimum atomic E-state index is -6.09. The monoisotopic (exact) mass is 790 g/mol. The molecule has 0 saturated carbocycles. The van der Waals surface area contributed by atoms with E-state index in [1.54, 1.807) is 0 Å². The van der Waals surface area contributed by atoms with Crippen LogP contribution in [-0.2, 0) is 21.0 Å². The van der Waals surface area contributed by atoms with Crippen molar-refractivity contribution in [3.05, 3.63) is 200 Å². The van der Waals surface area contributed by atoms with E-state index in [0.717, 1.165) is 0 Å². The lowest BCUT2D eigenvalue weighted by Gasteiger charge is -2.12. The SMILES string of the molecule is O=S(=O)([O-])C(F)(F)F.c1ccc2c(-c3ccc([S+](c4ccc(-c5cccc6ccccc56)cc4)c4ccc(-c5cccc6ccccc56)cc4)cc3)cccc2c1. The highest BCUT2D eigenvalue weighted by Crippen LogP contribution is 2.38. The molecule has 3 nitrogen and oxygen atoms in total. The van der Waals surface area contributed by atoms with Gasteiger partial charge in [0.15, 0.2) is 24.8 Å². The van der Waals surface area contributed by atoms with Crippen molar-refractivity contribution >= 4 is 53.3 Å². The third-order valence-corrected chi connectivity index (χ3v) is 12.7. The average molecular weight is 791 g/mol. The van der Waals surface area contributed by atoms with Gasteiger partial charge in [0.05, 0.1) is 10.9 Å². The zero-order chi connectivity index (χ0) is 39.6. The second-order valence-electron chi connectivity index (χ2n) is 13.4. The Morgan fingerprint density at radius 1 is 0.368 bits per heavy atom. The van der Waals surface area contributed by atoms with Gasteiger partial charge in [0.25, 0.3) is 0 Å². The lowest BCUT2D eigenvalue weighted by atomic mass is 9.98. The molecule has 0 fully saturated rings. The Balaban J connectivity index is 0.000000517. The van der Waals surface area contributed by atoms with Crippen LogP contribution in [0.5, 0.6) is 0 Å². The summed E-state index contributed by atoms with van der Waals surface area (Å²) in [5, 5.41) is 7.64. The number of hydrogen-bond donors (Lipinski definition) is 0. The molecule has 0 radical (unpaired) electrons. The van der Waals surface area contributed by atoms with Gasteiger partial charge in [-0.2, -0.15) is 13.2 Å². The second-order valence-corrected chi connectivity index (χ2v) is 16.8. The molecule has 0 aliphatic heterocycles. The Morgan fingerprint density at radius 2 is 0.614 bits per heavy atom. The van der Waals surface area contributed by atoms with Crippen LogP contribution in [0.1, 0.15) is 0 Å². The smallest absolute Gasteiger partial charge is 0.485 e. The van der Waals surface area contributed by atoms with Gasteiger partial charge in [0.1, 0.15) is 0 Å². The molecule has 0 aliphatic carbocycles. The van der Waals surface area contributed by atoms with Gasteiger partial charge in [0, 0.05) is 0 Å². The fourth-order valence-electron chi connectivity index (χ4n) is 7.15. The summed E-state index contributed by atoms with van der Waals surface area (Å²) in [5.41, 5.74) is 1.87. The molecule has 57 heavy (non-hydrogen) atoms. The van der Waals surface area contributed by atoms with Crippen molar-refractivity contribution in [1.82, 2.24) is 0 Å². The number of rotatable bonds is 6. The summed E-state index contributed by atoms with van der Waals surface area (Å²) >= 11 is 0. The number of fused-ring (bicyclic) bond motifs is 3. The highest BCUT2D eigenvalue weighted by atomic mass is 32.2. The van der Waals surface area contributed by atoms with E-state index in [-0.39, 0.29) is 10.9 Å². The Kier molecular flexibility index (Phi) is 10.4. The van der Waals surface area contributed by atoms with E-state index in [2.05, 4.69) is 200 Å². The fraction of sp³-hybridized carbons (Fsp3) is 0.0204. The van der Waals surface area contributed by atoms with E-state index in [4.69, 9.17) is 13.0 Å². The van der Waals surface area contributed by atoms with Gasteiger partial charge >= 0.3 is 5.51 Å². The first kappa shape index (κ1) is 37.7. The molecule has 0 bridgehead atoms. The van der Waals surface area contributed by atoms with Gasteiger partial charge in [0.2, 0.25) is 0 Å². The minimum absolute atomic E-state index is 0.290. The van der Waals surface area contributed by atoms with Crippen LogP contribution in [-0.4, -0.2) is 18.5 Å². The Hall–Kier alpha value is -6.19. The van der Waals surface area contributed by atoms with Crippen molar-refractivity contribution in [2.24, 2.45) is 0 Å². The Morgan fingerprint density at radius 3 is 0.877 bits per heavy atom. The summed E-state index contributed by atoms with van der Waals surface area (Å²) in [6.45, 7) is 0. The molecule has 280 valence electrons. The lowest BCUT2D eigenvalue weighted by Crippen LogP contribution is -2.21. The summed E-state index contributed by atoms with van der Waals surface area (Å²) in [6.07, 6.45) is 0. The van der Waals surface area contributed by atoms with Crippen molar-refractivity contribution in [3.8, 4) is 33.4 Å². The number of alkyl halides is 3. The highest BCUT2D eigenvalue weighted by Gasteiger charge is 2.37. The summed E-state index contributed by atoms with van der Waals surface area (Å²) < 4.78 is 58.9. The summed E-state index contributed by atoms with van der Waals surface area (Å²) in [6, 6.07) is 73.4. The molecule has 0 atom stereocenters. The summed E-state index contributed by atoms with van der Waals surface area (Å²) in [4.78, 5) is 3.92. The summed E-state index contributed by atoms with van der Waals surface area (Å²) in [7, 11) is -6.38. The van der Waals surface area contributed by atoms with E-state index in [0.29, 0.717) is 0 Å². The average Bonchev–Trinajstić information content (AvgIpc) is 3.23. The molecule has 0 unspecified atom stereocenters. The van der Waals surface area contributed by atoms with Crippen molar-refractivity contribution < 1.29 is 26.1 Å². The molecular weight excluding hydrogens is 758 g/mol. The maximum absolute atomic E-state index is 10.7. The van der Waals surface area contributed by atoms with Crippen LogP contribution >= 0.6 is 0 Å². The first-order valence-corrected chi connectivity index (χ1v) is 20.7. The maximum Gasteiger partial charge on any atom is 0.485 e. The van der Waals surface area contributed by atoms with Crippen LogP contribution < -0.4 is 0 Å². The van der Waals surface area contributed by atoms with Crippen LogP contribution in [0.4, 0.5) is 13.2 Å². The van der Waals surface area contributed by atoms with E-state index >= 15 is 0 Å². The summed E-state index contributed by atoms with van der Waals surface area (Å²) in [5.74, 6) is 0. The molecule has 9 aromatic rings. The fourth-order valence-corrected chi connectivity index (χ4v) is 9.19. The van der Waals surface area contributed by atoms with Gasteiger partial charge in [-0.1, -0.05) is 127 Å². The van der Waals surface area contributed by atoms with Crippen LogP contribution in [0.2, 0.25) is 0 Å². The molecule has 9 rings (SSSR count). The molecule has 0 N–H and O–H groups in total. The molecule has 8 heteroatoms. The first-order valence-electron chi connectivity index (χ1n) is 18.1. The third kappa shape index (κ3) is 7.93. The number of halogens is 3. The van der Waals surface area contributed by atoms with Crippen molar-refractivity contribution in [2.45, 2.75) is 20.2 Å². The van der Waals surface area contributed by atoms with Crippen LogP contribution in [0.15, 0.2) is 215 Å². The molecule has 0 aromatic heterocycles. The second kappa shape index (κ2) is 15.7. The van der Waals surface area contributed by atoms with Crippen LogP contribution in [0, 0.1) is 0 Å². The Bertz CT molecular complexity index is 2660. The van der Waals surface area contributed by atoms with E-state index in [9.17, 15) is 13.2 Å². The largest absolute Gasteiger partial charge is 0.741 e. The van der Waals surface area contributed by atoms with E-state index in [1.807, 2.05) is 0 Å². The van der Waals surface area contributed by atoms with Crippen LogP contribution in [0.3, 0.4) is 0 Å². The van der Waals surface area contributed by atoms with Crippen molar-refractivity contribution in [3.63, 3.8) is 0 Å². The quantitative estimate of drug-likeness (QED) is 0.0957. The van der Waals surface area contributed by atoms with Gasteiger partial charge < -0.3 is 4.55 Å². The first-order chi connectivity index (χ1) is 27.5. The molecule has 0 heterocycles. The van der Waals surface area contributed by atoms with Gasteiger partial charge in [-0.3, -0.25) is 0 Å². The number of benzene rings is 9. The minimum Gasteiger partial charge on any atom is -0.741 e. The van der Waals surface area contributed by atoms with Gasteiger partial charge in [-0.15, -0.1) is 0 Å². The Labute approximate surface area is 331 Å². The zero-order valence-corrected chi connectivity index (χ0v) is 31.9. The third-order valence-electron chi connectivity index (χ3n) is 9.86. The topological polar surface area (TPSA) is 57.2 Å². The maximum atomic E-state index is 10.7. The number of hydrogen-bond acceptors (Lipinski definition) is 3. The normalized spacial score (nSPS) is 11.8. The van der Waals surface area contributed by atoms with Crippen LogP contribution in [0.25, 0.3) is 65.7 Å². The molecule has 9 aromatic carbocycles. The molecule has 0 saturated heterocycles. The van der Waals surface area contributed by atoms with E-state index in [1.165, 1.54) is 80.4 Å². The van der Waals surface area contributed by atoms with Crippen molar-refractivity contribution in [2.75, 3.05) is 0 Å². The van der Waals surface area contributed by atoms with E-state index < -0.39 is 15.6 Å². The lowest BCUT2D eigenvalue weighted by molar-refractivity contribution is -0.0517. The predicted octanol–water partition coefficient (Wildman–Crippen LogP) is 13.3. The zero-order valence-electron chi connectivity index (χ0n) is 30.2. The predicted molar refractivity (Wildman–Crippen MR) is 226 cm³/mol. The molecule has 0 aliphatic rings. The molecule has 0 amide bonds. The van der Waals surface area contributed by atoms with Crippen molar-refractivity contribution in [1.29, 1.82) is 0 Å². The molecule has 0 spiro atoms. The molecular formula is C49H33F3O3S2. The van der Waals surface area contributed by atoms with Gasteiger partial charge in [-0.05, 0) is 138 Å². The van der Waals surface area contributed by atoms with Gasteiger partial charge in [-0.25, -0.2) is 8.42 Å². The highest BCUT2D eigenvalue weighted by molar-refractivity contribution is 7.97.